The smallest absolute Gasteiger partial charge is 0.275 e. The van der Waals surface area contributed by atoms with Gasteiger partial charge in [0.1, 0.15) is 12.2 Å². The van der Waals surface area contributed by atoms with E-state index >= 15 is 0 Å². The minimum Gasteiger partial charge on any atom is -0.350 e. The summed E-state index contributed by atoms with van der Waals surface area (Å²) in [6.45, 7) is 3.90. The van der Waals surface area contributed by atoms with Crippen molar-refractivity contribution in [1.82, 2.24) is 9.88 Å². The highest BCUT2D eigenvalue weighted by atomic mass is 32.2. The Labute approximate surface area is 181 Å². The molecule has 3 rings (SSSR count). The zero-order valence-corrected chi connectivity index (χ0v) is 18.3. The summed E-state index contributed by atoms with van der Waals surface area (Å²) in [5.41, 5.74) is 2.03. The maximum Gasteiger partial charge on any atom is 0.275 e. The highest BCUT2D eigenvalue weighted by Crippen LogP contribution is 2.13. The Hall–Kier alpha value is -3.39. The molecule has 0 radical (unpaired) electrons. The molecule has 162 valence electrons. The van der Waals surface area contributed by atoms with Crippen LogP contribution in [0.2, 0.25) is 0 Å². The summed E-state index contributed by atoms with van der Waals surface area (Å²) in [4.78, 5) is 25.3. The molecule has 2 aromatic carbocycles. The number of amides is 1. The summed E-state index contributed by atoms with van der Waals surface area (Å²) in [7, 11) is -3.91. The van der Waals surface area contributed by atoms with Gasteiger partial charge in [-0.3, -0.25) is 14.3 Å². The van der Waals surface area contributed by atoms with Gasteiger partial charge in [0.05, 0.1) is 4.90 Å². The van der Waals surface area contributed by atoms with Gasteiger partial charge in [0, 0.05) is 12.2 Å². The lowest BCUT2D eigenvalue weighted by atomic mass is 10.1. The minimum atomic E-state index is -3.91. The molecule has 0 aliphatic rings. The van der Waals surface area contributed by atoms with E-state index in [0.29, 0.717) is 12.2 Å². The number of nitrogens with one attached hydrogen (secondary N) is 2. The summed E-state index contributed by atoms with van der Waals surface area (Å²) in [6.07, 6.45) is 0.944. The van der Waals surface area contributed by atoms with Gasteiger partial charge in [-0.2, -0.15) is 0 Å². The highest BCUT2D eigenvalue weighted by Gasteiger charge is 2.17. The zero-order valence-electron chi connectivity index (χ0n) is 17.5. The summed E-state index contributed by atoms with van der Waals surface area (Å²) in [5.74, 6) is -0.340. The molecule has 1 amide bonds. The van der Waals surface area contributed by atoms with E-state index in [0.717, 1.165) is 12.0 Å². The van der Waals surface area contributed by atoms with Crippen molar-refractivity contribution < 1.29 is 13.2 Å². The van der Waals surface area contributed by atoms with Crippen LogP contribution < -0.4 is 15.6 Å². The van der Waals surface area contributed by atoms with Crippen LogP contribution in [0.4, 0.5) is 5.69 Å². The third kappa shape index (κ3) is 5.61. The minimum absolute atomic E-state index is 0.0494. The van der Waals surface area contributed by atoms with Crippen LogP contribution in [0.1, 0.15) is 23.7 Å². The number of sulfonamides is 1. The summed E-state index contributed by atoms with van der Waals surface area (Å²) >= 11 is 0. The molecule has 0 aliphatic carbocycles. The summed E-state index contributed by atoms with van der Waals surface area (Å²) in [6, 6.07) is 18.7. The average Bonchev–Trinajstić information content (AvgIpc) is 2.78. The molecule has 0 aliphatic heterocycles. The van der Waals surface area contributed by atoms with Gasteiger partial charge in [0.2, 0.25) is 5.91 Å². The largest absolute Gasteiger partial charge is 0.350 e. The second kappa shape index (κ2) is 9.61. The van der Waals surface area contributed by atoms with Crippen LogP contribution in [0.3, 0.4) is 0 Å². The van der Waals surface area contributed by atoms with Gasteiger partial charge in [0.15, 0.2) is 0 Å². The van der Waals surface area contributed by atoms with Crippen LogP contribution in [-0.4, -0.2) is 18.9 Å². The van der Waals surface area contributed by atoms with Crippen LogP contribution in [0, 0.1) is 6.92 Å². The number of anilines is 1. The molecular formula is C23H25N3O4S. The Kier molecular flexibility index (Phi) is 6.91. The molecule has 0 spiro atoms. The number of pyridine rings is 1. The predicted molar refractivity (Wildman–Crippen MR) is 120 cm³/mol. The van der Waals surface area contributed by atoms with E-state index in [1.165, 1.54) is 28.3 Å². The Bertz CT molecular complexity index is 1220. The van der Waals surface area contributed by atoms with E-state index in [1.807, 2.05) is 24.3 Å². The van der Waals surface area contributed by atoms with Gasteiger partial charge >= 0.3 is 0 Å². The molecule has 0 fully saturated rings. The van der Waals surface area contributed by atoms with Crippen LogP contribution in [-0.2, 0) is 34.3 Å². The van der Waals surface area contributed by atoms with E-state index in [4.69, 9.17) is 0 Å². The summed E-state index contributed by atoms with van der Waals surface area (Å²) in [5, 5.41) is 2.80. The second-order valence-electron chi connectivity index (χ2n) is 7.15. The van der Waals surface area contributed by atoms with Crippen molar-refractivity contribution in [2.45, 2.75) is 38.3 Å². The first-order valence-electron chi connectivity index (χ1n) is 9.93. The van der Waals surface area contributed by atoms with E-state index < -0.39 is 15.6 Å². The average molecular weight is 440 g/mol. The maximum absolute atomic E-state index is 12.8. The molecule has 0 saturated heterocycles. The molecule has 7 nitrogen and oxygen atoms in total. The Morgan fingerprint density at radius 2 is 1.58 bits per heavy atom. The fraction of sp³-hybridized carbons (Fsp3) is 0.217. The van der Waals surface area contributed by atoms with Crippen LogP contribution in [0.5, 0.6) is 0 Å². The normalized spacial score (nSPS) is 11.2. The SMILES string of the molecule is CCc1ccc(CNC(=O)Cn2c(C)ccc(NS(=O)(=O)c3ccccc3)c2=O)cc1. The molecular weight excluding hydrogens is 414 g/mol. The van der Waals surface area contributed by atoms with Crippen molar-refractivity contribution in [1.29, 1.82) is 0 Å². The van der Waals surface area contributed by atoms with E-state index in [9.17, 15) is 18.0 Å². The topological polar surface area (TPSA) is 97.3 Å². The molecule has 0 unspecified atom stereocenters. The fourth-order valence-corrected chi connectivity index (χ4v) is 4.12. The van der Waals surface area contributed by atoms with Crippen molar-refractivity contribution in [3.8, 4) is 0 Å². The lowest BCUT2D eigenvalue weighted by Gasteiger charge is -2.14. The van der Waals surface area contributed by atoms with Crippen molar-refractivity contribution in [2.75, 3.05) is 4.72 Å². The van der Waals surface area contributed by atoms with Gasteiger partial charge in [-0.05, 0) is 48.7 Å². The van der Waals surface area contributed by atoms with Crippen molar-refractivity contribution in [2.24, 2.45) is 0 Å². The molecule has 0 atom stereocenters. The van der Waals surface area contributed by atoms with Crippen LogP contribution in [0.15, 0.2) is 76.4 Å². The first-order chi connectivity index (χ1) is 14.8. The molecule has 0 bridgehead atoms. The van der Waals surface area contributed by atoms with Crippen molar-refractivity contribution in [3.63, 3.8) is 0 Å². The van der Waals surface area contributed by atoms with Crippen LogP contribution in [0.25, 0.3) is 0 Å². The lowest BCUT2D eigenvalue weighted by Crippen LogP contribution is -2.34. The summed E-state index contributed by atoms with van der Waals surface area (Å²) < 4.78 is 28.6. The molecule has 31 heavy (non-hydrogen) atoms. The maximum atomic E-state index is 12.8. The van der Waals surface area contributed by atoms with Gasteiger partial charge in [-0.1, -0.05) is 49.4 Å². The number of hydrogen-bond donors (Lipinski definition) is 2. The standard InChI is InChI=1S/C23H25N3O4S/c1-3-18-10-12-19(13-11-18)15-24-22(27)16-26-17(2)9-14-21(23(26)28)25-31(29,30)20-7-5-4-6-8-20/h4-14,25H,3,15-16H2,1-2H3,(H,24,27). The Morgan fingerprint density at radius 1 is 0.935 bits per heavy atom. The first-order valence-corrected chi connectivity index (χ1v) is 11.4. The number of carbonyl (C=O) groups excluding carboxylic acids is 1. The van der Waals surface area contributed by atoms with Crippen molar-refractivity contribution in [3.05, 3.63) is 93.9 Å². The second-order valence-corrected chi connectivity index (χ2v) is 8.83. The van der Waals surface area contributed by atoms with Crippen LogP contribution >= 0.6 is 0 Å². The highest BCUT2D eigenvalue weighted by molar-refractivity contribution is 7.92. The van der Waals surface area contributed by atoms with Gasteiger partial charge in [0.25, 0.3) is 15.6 Å². The van der Waals surface area contributed by atoms with E-state index in [-0.39, 0.29) is 23.0 Å². The fourth-order valence-electron chi connectivity index (χ4n) is 3.04. The number of aromatic nitrogens is 1. The van der Waals surface area contributed by atoms with E-state index in [1.54, 1.807) is 31.2 Å². The number of nitrogens with zero attached hydrogens (tertiary/aromatic N) is 1. The van der Waals surface area contributed by atoms with Gasteiger partial charge in [-0.15, -0.1) is 0 Å². The number of benzene rings is 2. The molecule has 8 heteroatoms. The first kappa shape index (κ1) is 22.3. The Morgan fingerprint density at radius 3 is 2.23 bits per heavy atom. The van der Waals surface area contributed by atoms with Gasteiger partial charge < -0.3 is 9.88 Å². The molecule has 2 N–H and O–H groups in total. The lowest BCUT2D eigenvalue weighted by molar-refractivity contribution is -0.121. The monoisotopic (exact) mass is 439 g/mol. The third-order valence-electron chi connectivity index (χ3n) is 4.91. The van der Waals surface area contributed by atoms with Gasteiger partial charge in [-0.25, -0.2) is 8.42 Å². The number of rotatable bonds is 8. The number of hydrogen-bond acceptors (Lipinski definition) is 4. The molecule has 1 heterocycles. The number of carbonyl (C=O) groups is 1. The molecule has 0 saturated carbocycles. The Balaban J connectivity index is 1.72. The molecule has 3 aromatic rings. The number of aryl methyl sites for hydroxylation is 2. The third-order valence-corrected chi connectivity index (χ3v) is 6.29. The zero-order chi connectivity index (χ0) is 22.4. The van der Waals surface area contributed by atoms with E-state index in [2.05, 4.69) is 17.0 Å². The predicted octanol–water partition coefficient (Wildman–Crippen LogP) is 2.84. The van der Waals surface area contributed by atoms with Crippen molar-refractivity contribution >= 4 is 21.6 Å². The molecule has 1 aromatic heterocycles. The quantitative estimate of drug-likeness (QED) is 0.564.